The van der Waals surface area contributed by atoms with Crippen molar-refractivity contribution in [1.82, 2.24) is 20.2 Å². The molecule has 2 aromatic carbocycles. The van der Waals surface area contributed by atoms with Crippen LogP contribution in [0.15, 0.2) is 78.4 Å². The number of rotatable bonds is 9. The fourth-order valence-corrected chi connectivity index (χ4v) is 5.50. The SMILES string of the molecule is CC(C)CC(=O)N1CCc2ccc(OCc3nc(C(=O)NCc4ccncc4)cs3)cc2C1c1ccccc1. The van der Waals surface area contributed by atoms with Crippen LogP contribution in [0, 0.1) is 5.92 Å². The molecule has 0 fully saturated rings. The monoisotopic (exact) mass is 540 g/mol. The third-order valence-electron chi connectivity index (χ3n) is 6.71. The summed E-state index contributed by atoms with van der Waals surface area (Å²) in [5.74, 6) is 0.964. The number of hydrogen-bond acceptors (Lipinski definition) is 6. The smallest absolute Gasteiger partial charge is 0.271 e. The Morgan fingerprint density at radius 1 is 1.10 bits per heavy atom. The van der Waals surface area contributed by atoms with Crippen LogP contribution in [-0.2, 0) is 24.4 Å². The van der Waals surface area contributed by atoms with Crippen LogP contribution in [0.25, 0.3) is 0 Å². The number of amides is 2. The first-order valence-electron chi connectivity index (χ1n) is 13.2. The molecule has 4 aromatic rings. The summed E-state index contributed by atoms with van der Waals surface area (Å²) in [5.41, 5.74) is 4.77. The fourth-order valence-electron chi connectivity index (χ4n) is 4.81. The first-order chi connectivity index (χ1) is 19.0. The molecule has 1 unspecified atom stereocenters. The molecule has 1 aliphatic rings. The molecule has 1 atom stereocenters. The third kappa shape index (κ3) is 6.52. The summed E-state index contributed by atoms with van der Waals surface area (Å²) in [6, 6.07) is 19.9. The quantitative estimate of drug-likeness (QED) is 0.300. The molecule has 1 N–H and O–H groups in total. The van der Waals surface area contributed by atoms with E-state index in [1.54, 1.807) is 17.8 Å². The van der Waals surface area contributed by atoms with Crippen LogP contribution in [0.5, 0.6) is 5.75 Å². The Hall–Kier alpha value is -4.04. The van der Waals surface area contributed by atoms with Crippen molar-refractivity contribution in [3.63, 3.8) is 0 Å². The molecule has 0 saturated carbocycles. The number of hydrogen-bond donors (Lipinski definition) is 1. The van der Waals surface area contributed by atoms with Gasteiger partial charge < -0.3 is 15.0 Å². The van der Waals surface area contributed by atoms with Gasteiger partial charge in [0.2, 0.25) is 5.91 Å². The van der Waals surface area contributed by atoms with E-state index >= 15 is 0 Å². The maximum Gasteiger partial charge on any atom is 0.271 e. The molecule has 8 heteroatoms. The normalized spacial score (nSPS) is 14.6. The van der Waals surface area contributed by atoms with Gasteiger partial charge in [0.25, 0.3) is 5.91 Å². The minimum Gasteiger partial charge on any atom is -0.486 e. The van der Waals surface area contributed by atoms with E-state index < -0.39 is 0 Å². The van der Waals surface area contributed by atoms with Crippen molar-refractivity contribution < 1.29 is 14.3 Å². The van der Waals surface area contributed by atoms with E-state index in [1.807, 2.05) is 41.3 Å². The molecule has 3 heterocycles. The molecular weight excluding hydrogens is 508 g/mol. The highest BCUT2D eigenvalue weighted by molar-refractivity contribution is 7.09. The van der Waals surface area contributed by atoms with Crippen LogP contribution >= 0.6 is 11.3 Å². The Bertz CT molecular complexity index is 1420. The van der Waals surface area contributed by atoms with Crippen LogP contribution in [-0.4, -0.2) is 33.2 Å². The van der Waals surface area contributed by atoms with E-state index in [0.717, 1.165) is 28.1 Å². The Kier molecular flexibility index (Phi) is 8.32. The molecule has 7 nitrogen and oxygen atoms in total. The van der Waals surface area contributed by atoms with Gasteiger partial charge in [-0.1, -0.05) is 50.2 Å². The number of benzene rings is 2. The van der Waals surface area contributed by atoms with Crippen molar-refractivity contribution >= 4 is 23.2 Å². The average Bonchev–Trinajstić information content (AvgIpc) is 3.44. The molecule has 39 heavy (non-hydrogen) atoms. The largest absolute Gasteiger partial charge is 0.486 e. The molecule has 0 spiro atoms. The number of aromatic nitrogens is 2. The summed E-state index contributed by atoms with van der Waals surface area (Å²) in [4.78, 5) is 36.2. The number of fused-ring (bicyclic) bond motifs is 1. The Balaban J connectivity index is 1.29. The van der Waals surface area contributed by atoms with E-state index in [1.165, 1.54) is 16.9 Å². The van der Waals surface area contributed by atoms with Crippen molar-refractivity contribution in [2.45, 2.75) is 45.9 Å². The van der Waals surface area contributed by atoms with Gasteiger partial charge in [-0.2, -0.15) is 0 Å². The van der Waals surface area contributed by atoms with E-state index in [4.69, 9.17) is 4.74 Å². The van der Waals surface area contributed by atoms with Gasteiger partial charge in [0, 0.05) is 37.3 Å². The van der Waals surface area contributed by atoms with E-state index in [9.17, 15) is 9.59 Å². The lowest BCUT2D eigenvalue weighted by Crippen LogP contribution is -2.41. The van der Waals surface area contributed by atoms with E-state index in [0.29, 0.717) is 36.9 Å². The van der Waals surface area contributed by atoms with Gasteiger partial charge in [0.05, 0.1) is 6.04 Å². The van der Waals surface area contributed by atoms with Gasteiger partial charge in [0.15, 0.2) is 0 Å². The van der Waals surface area contributed by atoms with Crippen molar-refractivity contribution in [3.05, 3.63) is 111 Å². The van der Waals surface area contributed by atoms with Crippen molar-refractivity contribution in [3.8, 4) is 5.75 Å². The summed E-state index contributed by atoms with van der Waals surface area (Å²) in [6.07, 6.45) is 4.73. The molecule has 0 radical (unpaired) electrons. The van der Waals surface area contributed by atoms with Crippen LogP contribution in [0.4, 0.5) is 0 Å². The van der Waals surface area contributed by atoms with Gasteiger partial charge in [0.1, 0.15) is 23.1 Å². The van der Waals surface area contributed by atoms with Crippen molar-refractivity contribution in [1.29, 1.82) is 0 Å². The standard InChI is InChI=1S/C31H32N4O3S/c1-21(2)16-29(36)35-15-12-23-8-9-25(17-26(23)30(35)24-6-4-3-5-7-24)38-19-28-34-27(20-39-28)31(37)33-18-22-10-13-32-14-11-22/h3-11,13-14,17,20-21,30H,12,15-16,18-19H2,1-2H3,(H,33,37). The average molecular weight is 541 g/mol. The van der Waals surface area contributed by atoms with Crippen LogP contribution in [0.3, 0.4) is 0 Å². The van der Waals surface area contributed by atoms with Crippen LogP contribution < -0.4 is 10.1 Å². The van der Waals surface area contributed by atoms with Gasteiger partial charge >= 0.3 is 0 Å². The Morgan fingerprint density at radius 3 is 2.67 bits per heavy atom. The summed E-state index contributed by atoms with van der Waals surface area (Å²) in [5, 5.41) is 5.35. The minimum absolute atomic E-state index is 0.152. The van der Waals surface area contributed by atoms with Gasteiger partial charge in [-0.25, -0.2) is 4.98 Å². The Labute approximate surface area is 232 Å². The highest BCUT2D eigenvalue weighted by atomic mass is 32.1. The lowest BCUT2D eigenvalue weighted by molar-refractivity contribution is -0.134. The molecule has 0 bridgehead atoms. The molecule has 200 valence electrons. The molecular formula is C31H32N4O3S. The van der Waals surface area contributed by atoms with Crippen LogP contribution in [0.2, 0.25) is 0 Å². The highest BCUT2D eigenvalue weighted by Gasteiger charge is 2.32. The molecule has 2 aromatic heterocycles. The number of carbonyl (C=O) groups excluding carboxylic acids is 2. The number of carbonyl (C=O) groups is 2. The van der Waals surface area contributed by atoms with E-state index in [-0.39, 0.29) is 24.5 Å². The van der Waals surface area contributed by atoms with Gasteiger partial charge in [-0.15, -0.1) is 11.3 Å². The molecule has 0 saturated heterocycles. The van der Waals surface area contributed by atoms with Crippen LogP contribution in [0.1, 0.15) is 64.1 Å². The molecule has 0 aliphatic carbocycles. The third-order valence-corrected chi connectivity index (χ3v) is 7.54. The zero-order valence-electron chi connectivity index (χ0n) is 22.2. The molecule has 5 rings (SSSR count). The van der Waals surface area contributed by atoms with Gasteiger partial charge in [-0.3, -0.25) is 14.6 Å². The minimum atomic E-state index is -0.222. The summed E-state index contributed by atoms with van der Waals surface area (Å²) >= 11 is 1.40. The number of pyridine rings is 1. The van der Waals surface area contributed by atoms with Gasteiger partial charge in [-0.05, 0) is 58.9 Å². The second-order valence-electron chi connectivity index (χ2n) is 10.1. The first kappa shape index (κ1) is 26.6. The topological polar surface area (TPSA) is 84.4 Å². The number of ether oxygens (including phenoxy) is 1. The zero-order valence-corrected chi connectivity index (χ0v) is 23.0. The summed E-state index contributed by atoms with van der Waals surface area (Å²) in [6.45, 7) is 5.53. The second-order valence-corrected chi connectivity index (χ2v) is 11.0. The fraction of sp³-hybridized carbons (Fsp3) is 0.290. The van der Waals surface area contributed by atoms with E-state index in [2.05, 4.69) is 53.4 Å². The second kappa shape index (κ2) is 12.2. The highest BCUT2D eigenvalue weighted by Crippen LogP contribution is 2.38. The molecule has 1 aliphatic heterocycles. The molecule has 2 amide bonds. The number of nitrogens with zero attached hydrogens (tertiary/aromatic N) is 3. The lowest BCUT2D eigenvalue weighted by Gasteiger charge is -2.38. The Morgan fingerprint density at radius 2 is 1.90 bits per heavy atom. The lowest BCUT2D eigenvalue weighted by atomic mass is 9.87. The van der Waals surface area contributed by atoms with Crippen molar-refractivity contribution in [2.75, 3.05) is 6.54 Å². The number of nitrogens with one attached hydrogen (secondary N) is 1. The maximum absolute atomic E-state index is 13.2. The van der Waals surface area contributed by atoms with Crippen molar-refractivity contribution in [2.24, 2.45) is 5.92 Å². The predicted octanol–water partition coefficient (Wildman–Crippen LogP) is 5.57. The predicted molar refractivity (Wildman–Crippen MR) is 151 cm³/mol. The number of thiazole rings is 1. The first-order valence-corrected chi connectivity index (χ1v) is 14.1. The zero-order chi connectivity index (χ0) is 27.2. The summed E-state index contributed by atoms with van der Waals surface area (Å²) in [7, 11) is 0. The summed E-state index contributed by atoms with van der Waals surface area (Å²) < 4.78 is 6.13. The maximum atomic E-state index is 13.2.